The van der Waals surface area contributed by atoms with Crippen LogP contribution in [-0.4, -0.2) is 41.7 Å². The molecule has 27 heavy (non-hydrogen) atoms. The fraction of sp³-hybridized carbons (Fsp3) is 0.300. The van der Waals surface area contributed by atoms with E-state index >= 15 is 0 Å². The van der Waals surface area contributed by atoms with Crippen molar-refractivity contribution >= 4 is 35.2 Å². The molecule has 0 atom stereocenters. The molecule has 0 saturated carbocycles. The predicted octanol–water partition coefficient (Wildman–Crippen LogP) is 3.60. The van der Waals surface area contributed by atoms with Gasteiger partial charge in [0, 0.05) is 28.3 Å². The van der Waals surface area contributed by atoms with E-state index in [0.29, 0.717) is 29.7 Å². The van der Waals surface area contributed by atoms with Gasteiger partial charge in [-0.2, -0.15) is 0 Å². The van der Waals surface area contributed by atoms with E-state index in [9.17, 15) is 9.59 Å². The van der Waals surface area contributed by atoms with Crippen molar-refractivity contribution in [3.8, 4) is 5.75 Å². The number of benzene rings is 2. The highest BCUT2D eigenvalue weighted by Gasteiger charge is 2.26. The summed E-state index contributed by atoms with van der Waals surface area (Å²) in [5.74, 6) is -0.263. The number of amides is 2. The molecule has 7 heteroatoms. The number of hydrogen-bond acceptors (Lipinski definition) is 4. The van der Waals surface area contributed by atoms with Crippen LogP contribution in [0.15, 0.2) is 53.4 Å². The largest absolute Gasteiger partial charge is 0.483 e. The summed E-state index contributed by atoms with van der Waals surface area (Å²) >= 11 is 7.75. The third-order valence-corrected chi connectivity index (χ3v) is 5.93. The number of halogens is 1. The zero-order chi connectivity index (χ0) is 19.2. The van der Waals surface area contributed by atoms with Gasteiger partial charge in [-0.25, -0.2) is 0 Å². The summed E-state index contributed by atoms with van der Waals surface area (Å²) in [7, 11) is 0. The van der Waals surface area contributed by atoms with Gasteiger partial charge in [0.2, 0.25) is 0 Å². The quantitative estimate of drug-likeness (QED) is 0.798. The number of rotatable bonds is 6. The van der Waals surface area contributed by atoms with Crippen LogP contribution in [0.3, 0.4) is 0 Å². The van der Waals surface area contributed by atoms with Gasteiger partial charge in [0.05, 0.1) is 5.56 Å². The second-order valence-corrected chi connectivity index (χ2v) is 8.12. The van der Waals surface area contributed by atoms with Crippen molar-refractivity contribution < 1.29 is 14.3 Å². The number of thioether (sulfide) groups is 1. The normalized spacial score (nSPS) is 14.8. The van der Waals surface area contributed by atoms with Crippen molar-refractivity contribution in [3.05, 3.63) is 59.1 Å². The molecule has 2 N–H and O–H groups in total. The number of carbonyl (C=O) groups excluding carboxylic acids is 2. The summed E-state index contributed by atoms with van der Waals surface area (Å²) < 4.78 is 5.38. The van der Waals surface area contributed by atoms with Gasteiger partial charge < -0.3 is 15.4 Å². The molecule has 1 heterocycles. The summed E-state index contributed by atoms with van der Waals surface area (Å²) in [6.07, 6.45) is 1.84. The van der Waals surface area contributed by atoms with Crippen molar-refractivity contribution in [2.45, 2.75) is 23.0 Å². The number of nitrogens with two attached hydrogens (primary N) is 1. The molecule has 2 amide bonds. The molecule has 2 aromatic carbocycles. The van der Waals surface area contributed by atoms with Gasteiger partial charge in [-0.05, 0) is 49.2 Å². The Morgan fingerprint density at radius 2 is 1.78 bits per heavy atom. The number of nitrogens with zero attached hydrogens (tertiary/aromatic N) is 1. The predicted molar refractivity (Wildman–Crippen MR) is 107 cm³/mol. The first-order chi connectivity index (χ1) is 13.0. The number of carbonyl (C=O) groups is 2. The standard InChI is InChI=1S/C20H21ClN2O3S/c21-14-5-7-15(8-6-14)27-16-9-11-23(12-10-16)20(25)17-3-1-2-4-18(17)26-13-19(22)24/h1-8,16H,9-13H2,(H2,22,24). The summed E-state index contributed by atoms with van der Waals surface area (Å²) in [5, 5.41) is 1.20. The topological polar surface area (TPSA) is 72.6 Å². The highest BCUT2D eigenvalue weighted by molar-refractivity contribution is 8.00. The van der Waals surface area contributed by atoms with E-state index in [1.54, 1.807) is 24.3 Å². The Labute approximate surface area is 167 Å². The minimum atomic E-state index is -0.572. The number of piperidine rings is 1. The lowest BCUT2D eigenvalue weighted by molar-refractivity contribution is -0.119. The molecule has 0 aliphatic carbocycles. The molecule has 142 valence electrons. The first-order valence-electron chi connectivity index (χ1n) is 8.74. The first-order valence-corrected chi connectivity index (χ1v) is 10.0. The number of para-hydroxylation sites is 1. The molecule has 0 spiro atoms. The Kier molecular flexibility index (Phi) is 6.63. The van der Waals surface area contributed by atoms with E-state index in [2.05, 4.69) is 0 Å². The maximum atomic E-state index is 12.9. The molecular formula is C20H21ClN2O3S. The molecular weight excluding hydrogens is 384 g/mol. The Bertz CT molecular complexity index is 805. The van der Waals surface area contributed by atoms with Crippen LogP contribution in [0, 0.1) is 0 Å². The molecule has 5 nitrogen and oxygen atoms in total. The Morgan fingerprint density at radius 1 is 1.11 bits per heavy atom. The van der Waals surface area contributed by atoms with Crippen molar-refractivity contribution in [3.63, 3.8) is 0 Å². The summed E-state index contributed by atoms with van der Waals surface area (Å²) in [4.78, 5) is 26.9. The number of primary amides is 1. The fourth-order valence-corrected chi connectivity index (χ4v) is 4.22. The van der Waals surface area contributed by atoms with Crippen LogP contribution in [0.2, 0.25) is 5.02 Å². The lowest BCUT2D eigenvalue weighted by Crippen LogP contribution is -2.39. The Morgan fingerprint density at radius 3 is 2.44 bits per heavy atom. The minimum Gasteiger partial charge on any atom is -0.483 e. The lowest BCUT2D eigenvalue weighted by Gasteiger charge is -2.32. The van der Waals surface area contributed by atoms with Gasteiger partial charge in [-0.3, -0.25) is 9.59 Å². The van der Waals surface area contributed by atoms with Crippen LogP contribution in [0.1, 0.15) is 23.2 Å². The van der Waals surface area contributed by atoms with E-state index < -0.39 is 5.91 Å². The molecule has 1 aliphatic rings. The van der Waals surface area contributed by atoms with Gasteiger partial charge in [0.25, 0.3) is 11.8 Å². The van der Waals surface area contributed by atoms with Gasteiger partial charge in [-0.1, -0.05) is 23.7 Å². The Balaban J connectivity index is 1.58. The second kappa shape index (κ2) is 9.15. The molecule has 3 rings (SSSR count). The number of likely N-dealkylation sites (tertiary alicyclic amines) is 1. The van der Waals surface area contributed by atoms with E-state index in [-0.39, 0.29) is 12.5 Å². The smallest absolute Gasteiger partial charge is 0.257 e. The van der Waals surface area contributed by atoms with Crippen LogP contribution in [-0.2, 0) is 4.79 Å². The van der Waals surface area contributed by atoms with Crippen LogP contribution in [0.25, 0.3) is 0 Å². The van der Waals surface area contributed by atoms with Crippen LogP contribution in [0.5, 0.6) is 5.75 Å². The van der Waals surface area contributed by atoms with E-state index in [1.807, 2.05) is 40.9 Å². The van der Waals surface area contributed by atoms with E-state index in [1.165, 1.54) is 4.90 Å². The second-order valence-electron chi connectivity index (χ2n) is 6.31. The zero-order valence-corrected chi connectivity index (χ0v) is 16.3. The van der Waals surface area contributed by atoms with Gasteiger partial charge in [0.1, 0.15) is 5.75 Å². The van der Waals surface area contributed by atoms with Crippen LogP contribution in [0.4, 0.5) is 0 Å². The monoisotopic (exact) mass is 404 g/mol. The molecule has 1 aliphatic heterocycles. The zero-order valence-electron chi connectivity index (χ0n) is 14.8. The summed E-state index contributed by atoms with van der Waals surface area (Å²) in [5.41, 5.74) is 5.59. The van der Waals surface area contributed by atoms with Crippen molar-refractivity contribution in [1.82, 2.24) is 4.90 Å². The van der Waals surface area contributed by atoms with Crippen molar-refractivity contribution in [1.29, 1.82) is 0 Å². The summed E-state index contributed by atoms with van der Waals surface area (Å²) in [6.45, 7) is 1.13. The lowest BCUT2D eigenvalue weighted by atomic mass is 10.1. The SMILES string of the molecule is NC(=O)COc1ccccc1C(=O)N1CCC(Sc2ccc(Cl)cc2)CC1. The molecule has 2 aromatic rings. The highest BCUT2D eigenvalue weighted by Crippen LogP contribution is 2.32. The van der Waals surface area contributed by atoms with Gasteiger partial charge >= 0.3 is 0 Å². The average molecular weight is 405 g/mol. The van der Waals surface area contributed by atoms with Crippen LogP contribution >= 0.6 is 23.4 Å². The minimum absolute atomic E-state index is 0.0787. The highest BCUT2D eigenvalue weighted by atomic mass is 35.5. The summed E-state index contributed by atoms with van der Waals surface area (Å²) in [6, 6.07) is 14.8. The third kappa shape index (κ3) is 5.40. The molecule has 0 unspecified atom stereocenters. The molecule has 1 fully saturated rings. The Hall–Kier alpha value is -2.18. The number of ether oxygens (including phenoxy) is 1. The number of hydrogen-bond donors (Lipinski definition) is 1. The molecule has 0 bridgehead atoms. The maximum absolute atomic E-state index is 12.9. The molecule has 0 radical (unpaired) electrons. The van der Waals surface area contributed by atoms with E-state index in [0.717, 1.165) is 17.9 Å². The van der Waals surface area contributed by atoms with Gasteiger partial charge in [0.15, 0.2) is 6.61 Å². The first kappa shape index (κ1) is 19.6. The van der Waals surface area contributed by atoms with E-state index in [4.69, 9.17) is 22.1 Å². The maximum Gasteiger partial charge on any atom is 0.257 e. The van der Waals surface area contributed by atoms with Crippen molar-refractivity contribution in [2.24, 2.45) is 5.73 Å². The molecule has 1 saturated heterocycles. The fourth-order valence-electron chi connectivity index (χ4n) is 2.97. The average Bonchev–Trinajstić information content (AvgIpc) is 2.68. The van der Waals surface area contributed by atoms with Crippen molar-refractivity contribution in [2.75, 3.05) is 19.7 Å². The molecule has 0 aromatic heterocycles. The van der Waals surface area contributed by atoms with Crippen LogP contribution < -0.4 is 10.5 Å². The third-order valence-electron chi connectivity index (χ3n) is 4.33. The van der Waals surface area contributed by atoms with Gasteiger partial charge in [-0.15, -0.1) is 11.8 Å².